The van der Waals surface area contributed by atoms with E-state index in [1.165, 1.54) is 16.8 Å². The van der Waals surface area contributed by atoms with Crippen molar-refractivity contribution in [2.45, 2.75) is 23.8 Å². The number of aryl methyl sites for hydroxylation is 1. The fraction of sp³-hybridized carbons (Fsp3) is 0.316. The largest absolute Gasteiger partial charge is 0.339 e. The second-order valence-electron chi connectivity index (χ2n) is 7.34. The second-order valence-corrected chi connectivity index (χ2v) is 9.23. The van der Waals surface area contributed by atoms with E-state index >= 15 is 0 Å². The van der Waals surface area contributed by atoms with Gasteiger partial charge in [0, 0.05) is 50.2 Å². The number of rotatable bonds is 4. The lowest BCUT2D eigenvalue weighted by molar-refractivity contribution is 0.311. The summed E-state index contributed by atoms with van der Waals surface area (Å²) in [7, 11) is -1.83. The highest BCUT2D eigenvalue weighted by Gasteiger charge is 2.33. The summed E-state index contributed by atoms with van der Waals surface area (Å²) >= 11 is 0. The monoisotopic (exact) mass is 424 g/mol. The molecule has 0 unspecified atom stereocenters. The molecule has 1 aliphatic rings. The van der Waals surface area contributed by atoms with Crippen molar-refractivity contribution in [3.8, 4) is 11.3 Å². The Hall–Kier alpha value is -3.18. The van der Waals surface area contributed by atoms with E-state index in [2.05, 4.69) is 20.2 Å². The van der Waals surface area contributed by atoms with Gasteiger partial charge in [0.25, 0.3) is 10.0 Å². The average Bonchev–Trinajstić information content (AvgIpc) is 3.41. The number of sulfonamides is 1. The molecule has 0 bridgehead atoms. The van der Waals surface area contributed by atoms with Crippen molar-refractivity contribution in [1.82, 2.24) is 38.7 Å². The Balaban J connectivity index is 1.38. The van der Waals surface area contributed by atoms with Crippen molar-refractivity contribution in [3.63, 3.8) is 0 Å². The van der Waals surface area contributed by atoms with E-state index in [0.717, 1.165) is 17.1 Å². The third-order valence-corrected chi connectivity index (χ3v) is 7.13. The van der Waals surface area contributed by atoms with Crippen LogP contribution in [-0.4, -0.2) is 60.2 Å². The van der Waals surface area contributed by atoms with E-state index in [4.69, 9.17) is 5.10 Å². The fourth-order valence-corrected chi connectivity index (χ4v) is 5.17. The summed E-state index contributed by atoms with van der Waals surface area (Å²) in [6.45, 7) is 0.807. The molecule has 0 aliphatic carbocycles. The number of hydrogen-bond acceptors (Lipinski definition) is 7. The van der Waals surface area contributed by atoms with E-state index < -0.39 is 10.0 Å². The SMILES string of the molecule is Cn1cnc(S(=O)(=O)N2CCC(c3nnc4ccc(-c5cccnc5)nn34)CC2)c1. The van der Waals surface area contributed by atoms with Gasteiger partial charge in [-0.1, -0.05) is 0 Å². The predicted octanol–water partition coefficient (Wildman–Crippen LogP) is 1.49. The van der Waals surface area contributed by atoms with Crippen LogP contribution in [0.4, 0.5) is 0 Å². The number of hydrogen-bond donors (Lipinski definition) is 0. The van der Waals surface area contributed by atoms with Crippen molar-refractivity contribution < 1.29 is 8.42 Å². The van der Waals surface area contributed by atoms with Crippen LogP contribution in [0.2, 0.25) is 0 Å². The van der Waals surface area contributed by atoms with Crippen LogP contribution in [0, 0.1) is 0 Å². The lowest BCUT2D eigenvalue weighted by Crippen LogP contribution is -2.38. The molecule has 30 heavy (non-hydrogen) atoms. The highest BCUT2D eigenvalue weighted by atomic mass is 32.2. The maximum Gasteiger partial charge on any atom is 0.262 e. The first kappa shape index (κ1) is 18.8. The van der Waals surface area contributed by atoms with Gasteiger partial charge in [-0.05, 0) is 37.1 Å². The van der Waals surface area contributed by atoms with Crippen molar-refractivity contribution in [1.29, 1.82) is 0 Å². The Morgan fingerprint density at radius 1 is 1.10 bits per heavy atom. The van der Waals surface area contributed by atoms with Gasteiger partial charge in [-0.3, -0.25) is 4.98 Å². The maximum atomic E-state index is 12.8. The molecule has 0 amide bonds. The molecule has 0 aromatic carbocycles. The number of aromatic nitrogens is 7. The van der Waals surface area contributed by atoms with Crippen LogP contribution in [0.25, 0.3) is 16.9 Å². The Kier molecular flexibility index (Phi) is 4.55. The van der Waals surface area contributed by atoms with Crippen LogP contribution in [-0.2, 0) is 17.1 Å². The summed E-state index contributed by atoms with van der Waals surface area (Å²) in [4.78, 5) is 8.15. The Bertz CT molecular complexity index is 1290. The van der Waals surface area contributed by atoms with Crippen LogP contribution in [0.15, 0.2) is 54.2 Å². The fourth-order valence-electron chi connectivity index (χ4n) is 3.74. The molecule has 5 rings (SSSR count). The molecule has 4 aromatic rings. The standard InChI is InChI=1S/C19H20N8O2S/c1-25-12-18(21-13-25)30(28,29)26-9-6-14(7-10-26)19-23-22-17-5-4-16(24-27(17)19)15-3-2-8-20-11-15/h2-5,8,11-14H,6-7,9-10H2,1H3. The maximum absolute atomic E-state index is 12.8. The van der Waals surface area contributed by atoms with E-state index in [1.807, 2.05) is 24.3 Å². The smallest absolute Gasteiger partial charge is 0.262 e. The molecule has 5 heterocycles. The number of pyridine rings is 1. The first-order valence-electron chi connectivity index (χ1n) is 9.63. The highest BCUT2D eigenvalue weighted by Crippen LogP contribution is 2.30. The lowest BCUT2D eigenvalue weighted by atomic mass is 9.97. The molecule has 0 N–H and O–H groups in total. The molecule has 4 aromatic heterocycles. The molecule has 10 nitrogen and oxygen atoms in total. The van der Waals surface area contributed by atoms with Crippen LogP contribution in [0.5, 0.6) is 0 Å². The molecule has 11 heteroatoms. The van der Waals surface area contributed by atoms with Gasteiger partial charge in [-0.2, -0.15) is 13.9 Å². The summed E-state index contributed by atoms with van der Waals surface area (Å²) in [5.74, 6) is 0.831. The van der Waals surface area contributed by atoms with Gasteiger partial charge in [0.15, 0.2) is 16.5 Å². The minimum Gasteiger partial charge on any atom is -0.339 e. The zero-order valence-electron chi connectivity index (χ0n) is 16.3. The molecule has 0 radical (unpaired) electrons. The summed E-state index contributed by atoms with van der Waals surface area (Å²) < 4.78 is 30.5. The van der Waals surface area contributed by atoms with E-state index in [9.17, 15) is 8.42 Å². The molecule has 0 spiro atoms. The molecule has 0 saturated carbocycles. The summed E-state index contributed by atoms with van der Waals surface area (Å²) in [5.41, 5.74) is 2.36. The Morgan fingerprint density at radius 2 is 1.93 bits per heavy atom. The normalized spacial score (nSPS) is 16.3. The van der Waals surface area contributed by atoms with E-state index in [-0.39, 0.29) is 10.9 Å². The highest BCUT2D eigenvalue weighted by molar-refractivity contribution is 7.89. The zero-order valence-corrected chi connectivity index (χ0v) is 17.1. The summed E-state index contributed by atoms with van der Waals surface area (Å²) in [6, 6.07) is 7.59. The molecule has 1 fully saturated rings. The number of imidazole rings is 1. The number of piperidine rings is 1. The van der Waals surface area contributed by atoms with Crippen LogP contribution in [0.3, 0.4) is 0 Å². The van der Waals surface area contributed by atoms with Crippen LogP contribution >= 0.6 is 0 Å². The van der Waals surface area contributed by atoms with Crippen molar-refractivity contribution in [3.05, 3.63) is 55.0 Å². The first-order valence-corrected chi connectivity index (χ1v) is 11.1. The van der Waals surface area contributed by atoms with Gasteiger partial charge in [0.2, 0.25) is 0 Å². The molecule has 0 atom stereocenters. The van der Waals surface area contributed by atoms with Gasteiger partial charge < -0.3 is 4.57 Å². The van der Waals surface area contributed by atoms with Crippen molar-refractivity contribution in [2.75, 3.05) is 13.1 Å². The van der Waals surface area contributed by atoms with Crippen LogP contribution in [0.1, 0.15) is 24.6 Å². The number of fused-ring (bicyclic) bond motifs is 1. The third kappa shape index (κ3) is 3.25. The zero-order chi connectivity index (χ0) is 20.7. The summed E-state index contributed by atoms with van der Waals surface area (Å²) in [5, 5.41) is 13.4. The minimum absolute atomic E-state index is 0.0758. The molecular weight excluding hydrogens is 404 g/mol. The summed E-state index contributed by atoms with van der Waals surface area (Å²) in [6.07, 6.45) is 7.79. The third-order valence-electron chi connectivity index (χ3n) is 5.35. The molecule has 1 aliphatic heterocycles. The average molecular weight is 424 g/mol. The van der Waals surface area contributed by atoms with Crippen LogP contribution < -0.4 is 0 Å². The lowest BCUT2D eigenvalue weighted by Gasteiger charge is -2.29. The van der Waals surface area contributed by atoms with E-state index in [1.54, 1.807) is 28.5 Å². The van der Waals surface area contributed by atoms with Gasteiger partial charge in [-0.25, -0.2) is 13.4 Å². The van der Waals surface area contributed by atoms with Crippen molar-refractivity contribution >= 4 is 15.7 Å². The Labute approximate surface area is 173 Å². The first-order chi connectivity index (χ1) is 14.5. The van der Waals surface area contributed by atoms with Gasteiger partial charge in [0.05, 0.1) is 12.0 Å². The van der Waals surface area contributed by atoms with E-state index in [0.29, 0.717) is 31.6 Å². The second kappa shape index (κ2) is 7.26. The minimum atomic E-state index is -3.58. The number of nitrogens with zero attached hydrogens (tertiary/aromatic N) is 8. The van der Waals surface area contributed by atoms with Crippen molar-refractivity contribution in [2.24, 2.45) is 7.05 Å². The van der Waals surface area contributed by atoms with Gasteiger partial charge in [-0.15, -0.1) is 10.2 Å². The van der Waals surface area contributed by atoms with Gasteiger partial charge in [0.1, 0.15) is 0 Å². The Morgan fingerprint density at radius 3 is 2.63 bits per heavy atom. The topological polar surface area (TPSA) is 111 Å². The predicted molar refractivity (Wildman–Crippen MR) is 108 cm³/mol. The quantitative estimate of drug-likeness (QED) is 0.488. The molecule has 1 saturated heterocycles. The molecule has 154 valence electrons. The molecular formula is C19H20N8O2S. The van der Waals surface area contributed by atoms with Gasteiger partial charge >= 0.3 is 0 Å².